The number of unbranched alkanes of at least 4 members (excludes halogenated alkanes) is 6. The Morgan fingerprint density at radius 1 is 0.615 bits per heavy atom. The van der Waals surface area contributed by atoms with Crippen LogP contribution in [0.3, 0.4) is 0 Å². The first-order chi connectivity index (χ1) is 18.6. The molecule has 3 N–H and O–H groups in total. The van der Waals surface area contributed by atoms with Gasteiger partial charge in [0, 0.05) is 25.8 Å². The SMILES string of the molecule is CNCCCCCC(=O)OCC(COC(=O)CCCCCNC)OC(=O)CCCCCNC(=O)OC(C)(C)C. The molecule has 0 saturated carbocycles. The smallest absolute Gasteiger partial charge is 0.407 e. The van der Waals surface area contributed by atoms with Crippen molar-refractivity contribution in [2.24, 2.45) is 0 Å². The Labute approximate surface area is 234 Å². The molecule has 0 aliphatic heterocycles. The van der Waals surface area contributed by atoms with Crippen molar-refractivity contribution in [3.8, 4) is 0 Å². The van der Waals surface area contributed by atoms with E-state index in [4.69, 9.17) is 18.9 Å². The molecule has 0 aromatic carbocycles. The lowest BCUT2D eigenvalue weighted by atomic mass is 10.2. The van der Waals surface area contributed by atoms with E-state index in [0.717, 1.165) is 51.6 Å². The minimum atomic E-state index is -0.854. The van der Waals surface area contributed by atoms with Gasteiger partial charge in [-0.2, -0.15) is 0 Å². The van der Waals surface area contributed by atoms with Crippen molar-refractivity contribution in [2.75, 3.05) is 46.9 Å². The summed E-state index contributed by atoms with van der Waals surface area (Å²) >= 11 is 0. The molecule has 39 heavy (non-hydrogen) atoms. The second-order valence-electron chi connectivity index (χ2n) is 10.5. The van der Waals surface area contributed by atoms with Gasteiger partial charge in [0.15, 0.2) is 6.10 Å². The summed E-state index contributed by atoms with van der Waals surface area (Å²) in [6, 6.07) is 0. The number of esters is 3. The van der Waals surface area contributed by atoms with Gasteiger partial charge in [-0.05, 0) is 86.5 Å². The molecule has 0 heterocycles. The summed E-state index contributed by atoms with van der Waals surface area (Å²) in [6.07, 6.45) is 6.60. The number of alkyl carbamates (subject to hydrolysis) is 1. The van der Waals surface area contributed by atoms with E-state index in [9.17, 15) is 19.2 Å². The summed E-state index contributed by atoms with van der Waals surface area (Å²) in [6.45, 7) is 7.32. The fourth-order valence-electron chi connectivity index (χ4n) is 3.45. The number of amides is 1. The number of nitrogens with one attached hydrogen (secondary N) is 3. The van der Waals surface area contributed by atoms with Crippen molar-refractivity contribution in [3.05, 3.63) is 0 Å². The zero-order valence-electron chi connectivity index (χ0n) is 24.9. The second-order valence-corrected chi connectivity index (χ2v) is 10.5. The van der Waals surface area contributed by atoms with E-state index in [-0.39, 0.29) is 44.4 Å². The van der Waals surface area contributed by atoms with Crippen LogP contribution in [0.2, 0.25) is 0 Å². The molecule has 0 radical (unpaired) electrons. The summed E-state index contributed by atoms with van der Waals surface area (Å²) < 4.78 is 21.2. The highest BCUT2D eigenvalue weighted by molar-refractivity contribution is 5.71. The van der Waals surface area contributed by atoms with Crippen LogP contribution in [-0.4, -0.2) is 82.6 Å². The summed E-state index contributed by atoms with van der Waals surface area (Å²) in [4.78, 5) is 48.2. The molecule has 0 spiro atoms. The van der Waals surface area contributed by atoms with Gasteiger partial charge in [-0.15, -0.1) is 0 Å². The standard InChI is InChI=1S/C28H53N3O8/c1-28(2,3)39-27(35)31-20-14-8-11-17-26(34)38-23(21-36-24(32)15-9-6-12-18-29-4)22-37-25(33)16-10-7-13-19-30-5/h23,29-30H,6-22H2,1-5H3,(H,31,35). The highest BCUT2D eigenvalue weighted by atomic mass is 16.6. The van der Waals surface area contributed by atoms with Gasteiger partial charge in [0.25, 0.3) is 0 Å². The topological polar surface area (TPSA) is 141 Å². The molecule has 0 aliphatic carbocycles. The van der Waals surface area contributed by atoms with Crippen molar-refractivity contribution in [1.82, 2.24) is 16.0 Å². The number of ether oxygens (including phenoxy) is 4. The van der Waals surface area contributed by atoms with Crippen molar-refractivity contribution in [3.63, 3.8) is 0 Å². The van der Waals surface area contributed by atoms with Gasteiger partial charge >= 0.3 is 24.0 Å². The molecule has 228 valence electrons. The Morgan fingerprint density at radius 3 is 1.49 bits per heavy atom. The molecular weight excluding hydrogens is 506 g/mol. The first kappa shape index (κ1) is 36.6. The molecule has 0 rings (SSSR count). The summed E-state index contributed by atoms with van der Waals surface area (Å²) in [5.41, 5.74) is -0.550. The van der Waals surface area contributed by atoms with Crippen LogP contribution in [0.15, 0.2) is 0 Å². The van der Waals surface area contributed by atoms with Gasteiger partial charge < -0.3 is 34.9 Å². The Bertz CT molecular complexity index is 652. The first-order valence-corrected chi connectivity index (χ1v) is 14.3. The highest BCUT2D eigenvalue weighted by Gasteiger charge is 2.20. The molecule has 0 aromatic heterocycles. The van der Waals surface area contributed by atoms with E-state index in [1.807, 2.05) is 14.1 Å². The molecule has 0 atom stereocenters. The van der Waals surface area contributed by atoms with E-state index in [1.54, 1.807) is 20.8 Å². The van der Waals surface area contributed by atoms with Crippen LogP contribution in [-0.2, 0) is 33.3 Å². The van der Waals surface area contributed by atoms with Crippen molar-refractivity contribution < 1.29 is 38.1 Å². The minimum Gasteiger partial charge on any atom is -0.462 e. The summed E-state index contributed by atoms with van der Waals surface area (Å²) in [7, 11) is 3.77. The first-order valence-electron chi connectivity index (χ1n) is 14.3. The van der Waals surface area contributed by atoms with Crippen molar-refractivity contribution in [2.45, 2.75) is 110 Å². The Balaban J connectivity index is 4.43. The highest BCUT2D eigenvalue weighted by Crippen LogP contribution is 2.09. The maximum atomic E-state index is 12.4. The monoisotopic (exact) mass is 559 g/mol. The predicted octanol–water partition coefficient (Wildman–Crippen LogP) is 3.63. The zero-order valence-corrected chi connectivity index (χ0v) is 24.9. The third-order valence-electron chi connectivity index (χ3n) is 5.50. The van der Waals surface area contributed by atoms with E-state index in [1.165, 1.54) is 0 Å². The van der Waals surface area contributed by atoms with E-state index < -0.39 is 23.8 Å². The number of hydrogen-bond donors (Lipinski definition) is 3. The van der Waals surface area contributed by atoms with Gasteiger partial charge in [-0.3, -0.25) is 14.4 Å². The molecule has 0 unspecified atom stereocenters. The van der Waals surface area contributed by atoms with Gasteiger partial charge in [0.2, 0.25) is 0 Å². The molecule has 0 bridgehead atoms. The maximum absolute atomic E-state index is 12.4. The largest absolute Gasteiger partial charge is 0.462 e. The normalized spacial score (nSPS) is 11.2. The van der Waals surface area contributed by atoms with Gasteiger partial charge in [-0.25, -0.2) is 4.79 Å². The number of carbonyl (C=O) groups is 4. The van der Waals surface area contributed by atoms with Crippen LogP contribution in [0, 0.1) is 0 Å². The van der Waals surface area contributed by atoms with Crippen LogP contribution in [0.4, 0.5) is 4.79 Å². The third-order valence-corrected chi connectivity index (χ3v) is 5.50. The molecule has 0 saturated heterocycles. The zero-order chi connectivity index (χ0) is 29.4. The summed E-state index contributed by atoms with van der Waals surface area (Å²) in [5, 5.41) is 8.81. The van der Waals surface area contributed by atoms with E-state index in [2.05, 4.69) is 16.0 Å². The maximum Gasteiger partial charge on any atom is 0.407 e. The molecule has 0 aliphatic rings. The molecule has 11 nitrogen and oxygen atoms in total. The fraction of sp³-hybridized carbons (Fsp3) is 0.857. The van der Waals surface area contributed by atoms with Crippen molar-refractivity contribution >= 4 is 24.0 Å². The number of hydrogen-bond acceptors (Lipinski definition) is 10. The van der Waals surface area contributed by atoms with Crippen LogP contribution < -0.4 is 16.0 Å². The quantitative estimate of drug-likeness (QED) is 0.0965. The van der Waals surface area contributed by atoms with Gasteiger partial charge in [0.05, 0.1) is 0 Å². The molecule has 0 fully saturated rings. The third kappa shape index (κ3) is 25.6. The van der Waals surface area contributed by atoms with E-state index in [0.29, 0.717) is 25.8 Å². The Morgan fingerprint density at radius 2 is 1.05 bits per heavy atom. The van der Waals surface area contributed by atoms with Gasteiger partial charge in [0.1, 0.15) is 18.8 Å². The predicted molar refractivity (Wildman–Crippen MR) is 149 cm³/mol. The Kier molecular flexibility index (Phi) is 22.0. The average molecular weight is 560 g/mol. The van der Waals surface area contributed by atoms with Crippen LogP contribution in [0.5, 0.6) is 0 Å². The number of rotatable bonds is 23. The lowest BCUT2D eigenvalue weighted by Crippen LogP contribution is -2.33. The van der Waals surface area contributed by atoms with E-state index >= 15 is 0 Å². The van der Waals surface area contributed by atoms with Crippen LogP contribution >= 0.6 is 0 Å². The lowest BCUT2D eigenvalue weighted by molar-refractivity contribution is -0.167. The number of carbonyl (C=O) groups excluding carboxylic acids is 4. The second kappa shape index (κ2) is 23.5. The fourth-order valence-corrected chi connectivity index (χ4v) is 3.45. The van der Waals surface area contributed by atoms with Crippen molar-refractivity contribution in [1.29, 1.82) is 0 Å². The molecule has 0 aromatic rings. The average Bonchev–Trinajstić information content (AvgIpc) is 2.86. The summed E-state index contributed by atoms with van der Waals surface area (Å²) in [5.74, 6) is -1.19. The Hall–Kier alpha value is -2.40. The minimum absolute atomic E-state index is 0.156. The van der Waals surface area contributed by atoms with Crippen LogP contribution in [0.25, 0.3) is 0 Å². The lowest BCUT2D eigenvalue weighted by Gasteiger charge is -2.19. The molecular formula is C28H53N3O8. The molecule has 1 amide bonds. The molecule has 11 heteroatoms. The van der Waals surface area contributed by atoms with Crippen LogP contribution in [0.1, 0.15) is 97.8 Å². The van der Waals surface area contributed by atoms with Gasteiger partial charge in [-0.1, -0.05) is 19.3 Å².